The Balaban J connectivity index is 1.92. The largest absolute Gasteiger partial charge is 0.348 e. The molecular weight excluding hydrogens is 298 g/mol. The molecule has 0 aliphatic carbocycles. The van der Waals surface area contributed by atoms with Crippen LogP contribution in [-0.2, 0) is 11.3 Å². The Morgan fingerprint density at radius 1 is 1.21 bits per heavy atom. The fraction of sp³-hybridized carbons (Fsp3) is 0.450. The maximum absolute atomic E-state index is 12.9. The molecule has 1 amide bonds. The van der Waals surface area contributed by atoms with Crippen LogP contribution in [0.15, 0.2) is 42.6 Å². The summed E-state index contributed by atoms with van der Waals surface area (Å²) >= 11 is 0. The van der Waals surface area contributed by atoms with Crippen LogP contribution in [0.2, 0.25) is 0 Å². The maximum atomic E-state index is 12.9. The van der Waals surface area contributed by atoms with Crippen LogP contribution in [-0.4, -0.2) is 34.0 Å². The van der Waals surface area contributed by atoms with E-state index in [9.17, 15) is 4.79 Å². The molecule has 4 nitrogen and oxygen atoms in total. The van der Waals surface area contributed by atoms with Crippen LogP contribution >= 0.6 is 0 Å². The number of aryl methyl sites for hydroxylation is 1. The minimum Gasteiger partial charge on any atom is -0.348 e. The van der Waals surface area contributed by atoms with Gasteiger partial charge in [-0.15, -0.1) is 0 Å². The van der Waals surface area contributed by atoms with Gasteiger partial charge in [-0.05, 0) is 45.4 Å². The third kappa shape index (κ3) is 3.54. The van der Waals surface area contributed by atoms with Crippen molar-refractivity contribution in [2.24, 2.45) is 0 Å². The molecule has 0 saturated heterocycles. The molecule has 0 spiro atoms. The standard InChI is InChI=1S/C20H27N3O/c1-15-7-5-8-16(13-15)19-17-9-6-10-22(17)11-12-23(19)18(24)14-21-20(2,3)4/h5-10,13,19,21H,11-12,14H2,1-4H3/p+1/t19-/m0/s1. The average Bonchev–Trinajstić information content (AvgIpc) is 2.99. The normalized spacial score (nSPS) is 17.7. The Hall–Kier alpha value is -2.07. The van der Waals surface area contributed by atoms with Gasteiger partial charge in [0.2, 0.25) is 0 Å². The smallest absolute Gasteiger partial charge is 0.278 e. The van der Waals surface area contributed by atoms with E-state index in [1.54, 1.807) is 0 Å². The van der Waals surface area contributed by atoms with Gasteiger partial charge in [-0.3, -0.25) is 4.79 Å². The van der Waals surface area contributed by atoms with Crippen LogP contribution in [0.1, 0.15) is 43.6 Å². The lowest BCUT2D eigenvalue weighted by atomic mass is 9.98. The van der Waals surface area contributed by atoms with Crippen LogP contribution in [0.4, 0.5) is 0 Å². The number of hydrogen-bond donors (Lipinski definition) is 1. The Bertz CT molecular complexity index is 726. The molecule has 4 heteroatoms. The van der Waals surface area contributed by atoms with E-state index in [4.69, 9.17) is 0 Å². The molecule has 0 bridgehead atoms. The quantitative estimate of drug-likeness (QED) is 0.922. The van der Waals surface area contributed by atoms with Gasteiger partial charge in [0.15, 0.2) is 6.54 Å². The lowest BCUT2D eigenvalue weighted by Gasteiger charge is -2.37. The number of nitrogens with zero attached hydrogens (tertiary/aromatic N) is 2. The van der Waals surface area contributed by atoms with E-state index in [1.165, 1.54) is 16.8 Å². The number of fused-ring (bicyclic) bond motifs is 1. The molecule has 2 heterocycles. The van der Waals surface area contributed by atoms with Crippen LogP contribution in [0.5, 0.6) is 0 Å². The number of aromatic nitrogens is 1. The number of amides is 1. The highest BCUT2D eigenvalue weighted by Crippen LogP contribution is 2.32. The van der Waals surface area contributed by atoms with E-state index in [2.05, 4.69) is 80.2 Å². The zero-order valence-corrected chi connectivity index (χ0v) is 15.1. The fourth-order valence-corrected chi connectivity index (χ4v) is 3.35. The van der Waals surface area contributed by atoms with Crippen LogP contribution in [0, 0.1) is 6.92 Å². The molecule has 2 N–H and O–H groups in total. The molecule has 0 saturated carbocycles. The van der Waals surface area contributed by atoms with Crippen LogP contribution < -0.4 is 5.32 Å². The first kappa shape index (κ1) is 16.8. The molecular formula is C20H28N3O+. The lowest BCUT2D eigenvalue weighted by Crippen LogP contribution is -2.96. The van der Waals surface area contributed by atoms with Crippen molar-refractivity contribution in [2.75, 3.05) is 13.1 Å². The van der Waals surface area contributed by atoms with Crippen LogP contribution in [0.3, 0.4) is 0 Å². The van der Waals surface area contributed by atoms with Crippen molar-refractivity contribution < 1.29 is 10.1 Å². The first-order valence-electron chi connectivity index (χ1n) is 8.70. The predicted octanol–water partition coefficient (Wildman–Crippen LogP) is 2.09. The summed E-state index contributed by atoms with van der Waals surface area (Å²) < 4.78 is 2.27. The van der Waals surface area contributed by atoms with Gasteiger partial charge in [0.25, 0.3) is 5.91 Å². The van der Waals surface area contributed by atoms with Gasteiger partial charge in [-0.1, -0.05) is 29.8 Å². The molecule has 0 unspecified atom stereocenters. The molecule has 0 fully saturated rings. The third-order valence-corrected chi connectivity index (χ3v) is 4.61. The van der Waals surface area contributed by atoms with Crippen molar-refractivity contribution in [1.29, 1.82) is 0 Å². The van der Waals surface area contributed by atoms with Crippen molar-refractivity contribution in [3.05, 3.63) is 59.4 Å². The van der Waals surface area contributed by atoms with Gasteiger partial charge in [0, 0.05) is 25.0 Å². The Labute approximate surface area is 144 Å². The van der Waals surface area contributed by atoms with Gasteiger partial charge >= 0.3 is 0 Å². The number of hydrogen-bond acceptors (Lipinski definition) is 1. The second-order valence-electron chi connectivity index (χ2n) is 7.80. The first-order valence-corrected chi connectivity index (χ1v) is 8.70. The molecule has 24 heavy (non-hydrogen) atoms. The number of rotatable bonds is 3. The molecule has 0 radical (unpaired) electrons. The minimum absolute atomic E-state index is 0.00881. The van der Waals surface area contributed by atoms with Crippen molar-refractivity contribution in [1.82, 2.24) is 9.47 Å². The molecule has 2 aromatic rings. The number of carbonyl (C=O) groups excluding carboxylic acids is 1. The predicted molar refractivity (Wildman–Crippen MR) is 95.7 cm³/mol. The summed E-state index contributed by atoms with van der Waals surface area (Å²) in [6.45, 7) is 10.6. The number of carbonyl (C=O) groups is 1. The Morgan fingerprint density at radius 2 is 2.00 bits per heavy atom. The monoisotopic (exact) mass is 326 g/mol. The molecule has 1 aliphatic heterocycles. The van der Waals surface area contributed by atoms with E-state index in [0.29, 0.717) is 6.54 Å². The minimum atomic E-state index is 0.00881. The second-order valence-corrected chi connectivity index (χ2v) is 7.80. The summed E-state index contributed by atoms with van der Waals surface area (Å²) in [7, 11) is 0. The van der Waals surface area contributed by atoms with Gasteiger partial charge in [-0.25, -0.2) is 0 Å². The number of benzene rings is 1. The number of nitrogens with two attached hydrogens (primary N) is 1. The van der Waals surface area contributed by atoms with E-state index >= 15 is 0 Å². The van der Waals surface area contributed by atoms with Crippen molar-refractivity contribution in [3.8, 4) is 0 Å². The first-order chi connectivity index (χ1) is 11.3. The van der Waals surface area contributed by atoms with Gasteiger partial charge in [0.05, 0.1) is 11.6 Å². The van der Waals surface area contributed by atoms with Crippen molar-refractivity contribution in [2.45, 2.75) is 45.8 Å². The zero-order valence-electron chi connectivity index (χ0n) is 15.1. The lowest BCUT2D eigenvalue weighted by molar-refractivity contribution is -0.707. The number of quaternary nitrogens is 1. The van der Waals surface area contributed by atoms with Gasteiger partial charge < -0.3 is 14.8 Å². The highest BCUT2D eigenvalue weighted by molar-refractivity contribution is 5.78. The SMILES string of the molecule is Cc1cccc([C@H]2c3cccn3CCN2C(=O)C[NH2+]C(C)(C)C)c1. The van der Waals surface area contributed by atoms with E-state index in [-0.39, 0.29) is 17.5 Å². The summed E-state index contributed by atoms with van der Waals surface area (Å²) in [5.74, 6) is 0.212. The summed E-state index contributed by atoms with van der Waals surface area (Å²) in [5, 5.41) is 2.12. The van der Waals surface area contributed by atoms with Gasteiger partial charge in [-0.2, -0.15) is 0 Å². The molecule has 1 aromatic carbocycles. The highest BCUT2D eigenvalue weighted by atomic mass is 16.2. The molecule has 1 atom stereocenters. The summed E-state index contributed by atoms with van der Waals surface area (Å²) in [5.41, 5.74) is 3.68. The fourth-order valence-electron chi connectivity index (χ4n) is 3.35. The summed E-state index contributed by atoms with van der Waals surface area (Å²) in [6.07, 6.45) is 2.11. The molecule has 1 aliphatic rings. The Kier molecular flexibility index (Phi) is 4.50. The van der Waals surface area contributed by atoms with E-state index in [1.807, 2.05) is 4.90 Å². The van der Waals surface area contributed by atoms with Crippen molar-refractivity contribution in [3.63, 3.8) is 0 Å². The Morgan fingerprint density at radius 3 is 2.71 bits per heavy atom. The molecule has 1 aromatic heterocycles. The summed E-state index contributed by atoms with van der Waals surface area (Å²) in [6, 6.07) is 12.7. The van der Waals surface area contributed by atoms with E-state index in [0.717, 1.165) is 13.1 Å². The van der Waals surface area contributed by atoms with E-state index < -0.39 is 0 Å². The average molecular weight is 326 g/mol. The summed E-state index contributed by atoms with van der Waals surface area (Å²) in [4.78, 5) is 15.0. The van der Waals surface area contributed by atoms with Crippen molar-refractivity contribution >= 4 is 5.91 Å². The third-order valence-electron chi connectivity index (χ3n) is 4.61. The maximum Gasteiger partial charge on any atom is 0.278 e. The zero-order chi connectivity index (χ0) is 17.3. The van der Waals surface area contributed by atoms with Gasteiger partial charge in [0.1, 0.15) is 0 Å². The highest BCUT2D eigenvalue weighted by Gasteiger charge is 2.33. The topological polar surface area (TPSA) is 41.9 Å². The van der Waals surface area contributed by atoms with Crippen LogP contribution in [0.25, 0.3) is 0 Å². The molecule has 3 rings (SSSR count). The second kappa shape index (κ2) is 6.44. The molecule has 128 valence electrons.